The molecule has 0 amide bonds. The van der Waals surface area contributed by atoms with Crippen molar-refractivity contribution < 1.29 is 23.7 Å². The van der Waals surface area contributed by atoms with E-state index in [1.807, 2.05) is 32.9 Å². The summed E-state index contributed by atoms with van der Waals surface area (Å²) in [6.07, 6.45) is 0.778. The predicted octanol–water partition coefficient (Wildman–Crippen LogP) is 3.30. The lowest BCUT2D eigenvalue weighted by Crippen LogP contribution is -2.31. The van der Waals surface area contributed by atoms with E-state index in [0.29, 0.717) is 26.2 Å². The fourth-order valence-corrected chi connectivity index (χ4v) is 3.54. The zero-order valence-corrected chi connectivity index (χ0v) is 15.0. The molecule has 0 spiro atoms. The molecule has 5 nitrogen and oxygen atoms in total. The molecule has 0 aromatic heterocycles. The van der Waals surface area contributed by atoms with Crippen molar-refractivity contribution in [2.75, 3.05) is 26.9 Å². The number of rotatable bonds is 9. The van der Waals surface area contributed by atoms with Crippen LogP contribution in [-0.4, -0.2) is 39.2 Å². The Hall–Kier alpha value is -1.59. The third kappa shape index (κ3) is 4.08. The lowest BCUT2D eigenvalue weighted by molar-refractivity contribution is -0.171. The standard InChI is InChI=1S/C19H28O5/c1-5-22-17(20)12-14-15(19(23-6-2)24-7-3)11-13-9-8-10-16(21-4)18(13)14/h8-10,14-15,19H,5-7,11-12H2,1-4H3/t14-,15-/m1/s1. The summed E-state index contributed by atoms with van der Waals surface area (Å²) in [6, 6.07) is 6.01. The van der Waals surface area contributed by atoms with Crippen LogP contribution in [0.25, 0.3) is 0 Å². The minimum Gasteiger partial charge on any atom is -0.496 e. The molecule has 134 valence electrons. The van der Waals surface area contributed by atoms with Gasteiger partial charge in [0, 0.05) is 30.6 Å². The fraction of sp³-hybridized carbons (Fsp3) is 0.632. The van der Waals surface area contributed by atoms with Gasteiger partial charge in [0.2, 0.25) is 0 Å². The van der Waals surface area contributed by atoms with Gasteiger partial charge in [0.15, 0.2) is 6.29 Å². The van der Waals surface area contributed by atoms with E-state index in [2.05, 4.69) is 6.07 Å². The molecule has 2 rings (SSSR count). The average Bonchev–Trinajstić information content (AvgIpc) is 2.93. The van der Waals surface area contributed by atoms with E-state index in [1.165, 1.54) is 5.56 Å². The molecule has 0 saturated carbocycles. The van der Waals surface area contributed by atoms with Crippen LogP contribution in [0.3, 0.4) is 0 Å². The number of esters is 1. The van der Waals surface area contributed by atoms with Crippen LogP contribution < -0.4 is 4.74 Å². The number of carbonyl (C=O) groups is 1. The van der Waals surface area contributed by atoms with Crippen molar-refractivity contribution in [2.24, 2.45) is 5.92 Å². The topological polar surface area (TPSA) is 54.0 Å². The number of fused-ring (bicyclic) bond motifs is 1. The zero-order chi connectivity index (χ0) is 17.5. The van der Waals surface area contributed by atoms with Crippen LogP contribution in [0.15, 0.2) is 18.2 Å². The molecule has 1 aromatic rings. The first-order valence-corrected chi connectivity index (χ1v) is 8.70. The maximum absolute atomic E-state index is 12.1. The lowest BCUT2D eigenvalue weighted by Gasteiger charge is -2.28. The number of methoxy groups -OCH3 is 1. The Kier molecular flexibility index (Phi) is 7.06. The predicted molar refractivity (Wildman–Crippen MR) is 91.2 cm³/mol. The monoisotopic (exact) mass is 336 g/mol. The van der Waals surface area contributed by atoms with E-state index >= 15 is 0 Å². The van der Waals surface area contributed by atoms with Crippen LogP contribution >= 0.6 is 0 Å². The normalized spacial score (nSPS) is 19.4. The van der Waals surface area contributed by atoms with E-state index in [9.17, 15) is 4.79 Å². The van der Waals surface area contributed by atoms with E-state index in [1.54, 1.807) is 7.11 Å². The van der Waals surface area contributed by atoms with Gasteiger partial charge in [0.25, 0.3) is 0 Å². The van der Waals surface area contributed by atoms with Crippen molar-refractivity contribution in [1.29, 1.82) is 0 Å². The minimum atomic E-state index is -0.337. The summed E-state index contributed by atoms with van der Waals surface area (Å²) in [5.74, 6) is 0.660. The molecule has 0 heterocycles. The van der Waals surface area contributed by atoms with E-state index in [0.717, 1.165) is 17.7 Å². The highest BCUT2D eigenvalue weighted by Gasteiger charge is 2.41. The maximum Gasteiger partial charge on any atom is 0.306 e. The Bertz CT molecular complexity index is 537. The quantitative estimate of drug-likeness (QED) is 0.511. The second-order valence-electron chi connectivity index (χ2n) is 5.80. The van der Waals surface area contributed by atoms with Gasteiger partial charge >= 0.3 is 5.97 Å². The molecule has 1 aromatic carbocycles. The molecule has 5 heteroatoms. The Morgan fingerprint density at radius 3 is 2.46 bits per heavy atom. The Balaban J connectivity index is 2.34. The molecular weight excluding hydrogens is 308 g/mol. The minimum absolute atomic E-state index is 0.0294. The summed E-state index contributed by atoms with van der Waals surface area (Å²) in [5.41, 5.74) is 2.28. The molecule has 1 aliphatic rings. The second kappa shape index (κ2) is 9.04. The van der Waals surface area contributed by atoms with Crippen LogP contribution in [-0.2, 0) is 25.4 Å². The first-order chi connectivity index (χ1) is 11.7. The first kappa shape index (κ1) is 18.7. The molecule has 0 bridgehead atoms. The molecule has 0 unspecified atom stereocenters. The van der Waals surface area contributed by atoms with Crippen molar-refractivity contribution in [3.05, 3.63) is 29.3 Å². The van der Waals surface area contributed by atoms with Crippen molar-refractivity contribution in [2.45, 2.75) is 45.8 Å². The van der Waals surface area contributed by atoms with Gasteiger partial charge in [-0.05, 0) is 38.8 Å². The van der Waals surface area contributed by atoms with Crippen molar-refractivity contribution in [3.63, 3.8) is 0 Å². The molecule has 0 fully saturated rings. The lowest BCUT2D eigenvalue weighted by atomic mass is 9.88. The summed E-state index contributed by atoms with van der Waals surface area (Å²) in [6.45, 7) is 7.25. The molecule has 0 radical (unpaired) electrons. The molecule has 0 N–H and O–H groups in total. The van der Waals surface area contributed by atoms with Crippen LogP contribution in [0.2, 0.25) is 0 Å². The number of carbonyl (C=O) groups excluding carboxylic acids is 1. The molecule has 1 aliphatic carbocycles. The fourth-order valence-electron chi connectivity index (χ4n) is 3.54. The largest absolute Gasteiger partial charge is 0.496 e. The third-order valence-electron chi connectivity index (χ3n) is 4.42. The van der Waals surface area contributed by atoms with Crippen molar-refractivity contribution >= 4 is 5.97 Å². The summed E-state index contributed by atoms with van der Waals surface area (Å²) in [4.78, 5) is 12.1. The van der Waals surface area contributed by atoms with Crippen LogP contribution in [0.5, 0.6) is 5.75 Å². The van der Waals surface area contributed by atoms with Gasteiger partial charge in [0.1, 0.15) is 5.75 Å². The maximum atomic E-state index is 12.1. The van der Waals surface area contributed by atoms with Gasteiger partial charge in [-0.2, -0.15) is 0 Å². The van der Waals surface area contributed by atoms with Gasteiger partial charge in [-0.3, -0.25) is 4.79 Å². The number of hydrogen-bond donors (Lipinski definition) is 0. The van der Waals surface area contributed by atoms with Crippen LogP contribution in [0, 0.1) is 5.92 Å². The average molecular weight is 336 g/mol. The van der Waals surface area contributed by atoms with Crippen molar-refractivity contribution in [1.82, 2.24) is 0 Å². The number of benzene rings is 1. The SMILES string of the molecule is CCOC(=O)C[C@H]1c2c(cccc2OC)C[C@H]1C(OCC)OCC. The number of hydrogen-bond acceptors (Lipinski definition) is 5. The third-order valence-corrected chi connectivity index (χ3v) is 4.42. The second-order valence-corrected chi connectivity index (χ2v) is 5.80. The van der Waals surface area contributed by atoms with Gasteiger partial charge in [0.05, 0.1) is 20.1 Å². The van der Waals surface area contributed by atoms with Gasteiger partial charge < -0.3 is 18.9 Å². The molecule has 2 atom stereocenters. The highest BCUT2D eigenvalue weighted by molar-refractivity contribution is 5.71. The zero-order valence-electron chi connectivity index (χ0n) is 15.0. The van der Waals surface area contributed by atoms with Gasteiger partial charge in [-0.25, -0.2) is 0 Å². The summed E-state index contributed by atoms with van der Waals surface area (Å²) >= 11 is 0. The van der Waals surface area contributed by atoms with Crippen molar-refractivity contribution in [3.8, 4) is 5.75 Å². The molecule has 24 heavy (non-hydrogen) atoms. The van der Waals surface area contributed by atoms with E-state index < -0.39 is 0 Å². The first-order valence-electron chi connectivity index (χ1n) is 8.70. The van der Waals surface area contributed by atoms with Crippen LogP contribution in [0.1, 0.15) is 44.2 Å². The van der Waals surface area contributed by atoms with Crippen LogP contribution in [0.4, 0.5) is 0 Å². The highest BCUT2D eigenvalue weighted by Crippen LogP contribution is 2.47. The van der Waals surface area contributed by atoms with Gasteiger partial charge in [-0.1, -0.05) is 12.1 Å². The molecule has 0 aliphatic heterocycles. The Morgan fingerprint density at radius 1 is 1.17 bits per heavy atom. The van der Waals surface area contributed by atoms with Gasteiger partial charge in [-0.15, -0.1) is 0 Å². The summed E-state index contributed by atoms with van der Waals surface area (Å²) in [5, 5.41) is 0. The summed E-state index contributed by atoms with van der Waals surface area (Å²) in [7, 11) is 1.66. The highest BCUT2D eigenvalue weighted by atomic mass is 16.7. The van der Waals surface area contributed by atoms with E-state index in [4.69, 9.17) is 18.9 Å². The smallest absolute Gasteiger partial charge is 0.306 e. The Morgan fingerprint density at radius 2 is 1.88 bits per heavy atom. The number of ether oxygens (including phenoxy) is 4. The van der Waals surface area contributed by atoms with E-state index in [-0.39, 0.29) is 24.1 Å². The molecule has 0 saturated heterocycles. The Labute approximate surface area is 144 Å². The molecular formula is C19H28O5. The summed E-state index contributed by atoms with van der Waals surface area (Å²) < 4.78 is 22.4.